The number of fused-ring (bicyclic) bond motifs is 3. The van der Waals surface area contributed by atoms with Gasteiger partial charge in [-0.25, -0.2) is 13.6 Å². The van der Waals surface area contributed by atoms with Crippen molar-refractivity contribution in [3.05, 3.63) is 83.2 Å². The molecule has 178 valence electrons. The van der Waals surface area contributed by atoms with Crippen molar-refractivity contribution < 1.29 is 13.2 Å². The van der Waals surface area contributed by atoms with Crippen molar-refractivity contribution in [2.75, 3.05) is 18.1 Å². The highest BCUT2D eigenvalue weighted by Crippen LogP contribution is 2.45. The summed E-state index contributed by atoms with van der Waals surface area (Å²) in [6, 6.07) is 10.9. The molecule has 9 heteroatoms. The lowest BCUT2D eigenvalue weighted by Gasteiger charge is -2.40. The predicted octanol–water partition coefficient (Wildman–Crippen LogP) is 4.04. The second kappa shape index (κ2) is 8.76. The standard InChI is InChI=1S/C25H27ClN4O3S/c1-2-10-30-15-18(13-28-30)14-29-16-25(9-3-4-19-11-20(26)5-7-22(19)25)17-33-24-8-6-21(12-23(24)29)34(27,31)32/h2,5-8,11-13,15H,1,3-4,9-10,14,16-17H2,(H2,27,31,32). The molecular weight excluding hydrogens is 472 g/mol. The summed E-state index contributed by atoms with van der Waals surface area (Å²) in [7, 11) is -3.86. The van der Waals surface area contributed by atoms with Gasteiger partial charge in [-0.2, -0.15) is 5.10 Å². The Kier molecular flexibility index (Phi) is 5.91. The van der Waals surface area contributed by atoms with Gasteiger partial charge in [0.05, 0.1) is 29.9 Å². The van der Waals surface area contributed by atoms with Gasteiger partial charge in [0.15, 0.2) is 0 Å². The number of sulfonamides is 1. The first-order chi connectivity index (χ1) is 16.3. The van der Waals surface area contributed by atoms with E-state index in [1.165, 1.54) is 17.2 Å². The Labute approximate surface area is 204 Å². The van der Waals surface area contributed by atoms with Crippen molar-refractivity contribution in [2.24, 2.45) is 5.14 Å². The van der Waals surface area contributed by atoms with E-state index in [0.29, 0.717) is 37.7 Å². The molecule has 1 aromatic heterocycles. The second-order valence-corrected chi connectivity index (χ2v) is 11.1. The molecule has 1 unspecified atom stereocenters. The molecule has 7 nitrogen and oxygen atoms in total. The quantitative estimate of drug-likeness (QED) is 0.536. The molecule has 0 fully saturated rings. The number of nitrogens with zero attached hydrogens (tertiary/aromatic N) is 3. The largest absolute Gasteiger partial charge is 0.490 e. The van der Waals surface area contributed by atoms with E-state index in [-0.39, 0.29) is 10.3 Å². The van der Waals surface area contributed by atoms with Crippen molar-refractivity contribution in [3.63, 3.8) is 0 Å². The summed E-state index contributed by atoms with van der Waals surface area (Å²) >= 11 is 6.31. The number of hydrogen-bond donors (Lipinski definition) is 1. The van der Waals surface area contributed by atoms with Crippen molar-refractivity contribution in [1.82, 2.24) is 9.78 Å². The fourth-order valence-corrected chi connectivity index (χ4v) is 5.92. The van der Waals surface area contributed by atoms with E-state index in [4.69, 9.17) is 21.5 Å². The molecule has 0 amide bonds. The van der Waals surface area contributed by atoms with Crippen LogP contribution in [0.5, 0.6) is 5.75 Å². The van der Waals surface area contributed by atoms with Crippen LogP contribution in [0.3, 0.4) is 0 Å². The molecule has 1 spiro atoms. The molecule has 1 atom stereocenters. The number of hydrogen-bond acceptors (Lipinski definition) is 5. The molecule has 0 saturated heterocycles. The zero-order valence-electron chi connectivity index (χ0n) is 18.8. The van der Waals surface area contributed by atoms with Crippen molar-refractivity contribution >= 4 is 27.3 Å². The van der Waals surface area contributed by atoms with Gasteiger partial charge in [-0.3, -0.25) is 4.68 Å². The number of nitrogens with two attached hydrogens (primary N) is 1. The Hall–Kier alpha value is -2.81. The molecule has 3 aromatic rings. The van der Waals surface area contributed by atoms with Crippen molar-refractivity contribution in [3.8, 4) is 5.75 Å². The minimum atomic E-state index is -3.86. The molecule has 0 bridgehead atoms. The number of allylic oxidation sites excluding steroid dienone is 1. The van der Waals surface area contributed by atoms with E-state index >= 15 is 0 Å². The molecule has 2 N–H and O–H groups in total. The third-order valence-electron chi connectivity index (χ3n) is 6.71. The lowest BCUT2D eigenvalue weighted by Crippen LogP contribution is -2.45. The summed E-state index contributed by atoms with van der Waals surface area (Å²) in [5.41, 5.74) is 3.96. The van der Waals surface area contributed by atoms with Gasteiger partial charge in [-0.05, 0) is 60.7 Å². The van der Waals surface area contributed by atoms with E-state index in [0.717, 1.165) is 29.8 Å². The zero-order valence-corrected chi connectivity index (χ0v) is 20.4. The molecule has 1 aliphatic carbocycles. The fourth-order valence-electron chi connectivity index (χ4n) is 5.19. The van der Waals surface area contributed by atoms with Gasteiger partial charge < -0.3 is 9.64 Å². The van der Waals surface area contributed by atoms with E-state index in [1.807, 2.05) is 23.1 Å². The first kappa shape index (κ1) is 23.0. The van der Waals surface area contributed by atoms with Gasteiger partial charge in [-0.1, -0.05) is 23.7 Å². The van der Waals surface area contributed by atoms with E-state index < -0.39 is 10.0 Å². The molecule has 1 aliphatic heterocycles. The maximum absolute atomic E-state index is 12.1. The predicted molar refractivity (Wildman–Crippen MR) is 133 cm³/mol. The average Bonchev–Trinajstić information content (AvgIpc) is 3.17. The monoisotopic (exact) mass is 498 g/mol. The van der Waals surface area contributed by atoms with Crippen LogP contribution in [-0.2, 0) is 34.9 Å². The molecule has 2 aliphatic rings. The third kappa shape index (κ3) is 4.33. The van der Waals surface area contributed by atoms with Crippen LogP contribution < -0.4 is 14.8 Å². The Balaban J connectivity index is 1.60. The SMILES string of the molecule is C=CCn1cc(CN2CC3(CCCc4cc(Cl)ccc43)COc3ccc(S(N)(=O)=O)cc32)cn1. The van der Waals surface area contributed by atoms with Crippen LogP contribution >= 0.6 is 11.6 Å². The summed E-state index contributed by atoms with van der Waals surface area (Å²) in [6.45, 7) is 6.10. The Morgan fingerprint density at radius 3 is 2.91 bits per heavy atom. The number of aromatic nitrogens is 2. The van der Waals surface area contributed by atoms with Gasteiger partial charge in [0.2, 0.25) is 10.0 Å². The summed E-state index contributed by atoms with van der Waals surface area (Å²) < 4.78 is 32.4. The number of benzene rings is 2. The summed E-state index contributed by atoms with van der Waals surface area (Å²) in [5.74, 6) is 0.642. The summed E-state index contributed by atoms with van der Waals surface area (Å²) in [5, 5.41) is 10.6. The zero-order chi connectivity index (χ0) is 23.9. The minimum Gasteiger partial charge on any atom is -0.490 e. The van der Waals surface area contributed by atoms with Crippen LogP contribution in [0, 0.1) is 0 Å². The van der Waals surface area contributed by atoms with Gasteiger partial charge in [-0.15, -0.1) is 6.58 Å². The molecule has 0 radical (unpaired) electrons. The first-order valence-electron chi connectivity index (χ1n) is 11.2. The highest BCUT2D eigenvalue weighted by Gasteiger charge is 2.42. The smallest absolute Gasteiger partial charge is 0.238 e. The van der Waals surface area contributed by atoms with E-state index in [2.05, 4.69) is 28.7 Å². The van der Waals surface area contributed by atoms with Crippen molar-refractivity contribution in [2.45, 2.75) is 42.7 Å². The number of rotatable bonds is 5. The maximum Gasteiger partial charge on any atom is 0.238 e. The normalized spacial score (nSPS) is 19.8. The summed E-state index contributed by atoms with van der Waals surface area (Å²) in [4.78, 5) is 2.25. The Morgan fingerprint density at radius 1 is 1.26 bits per heavy atom. The van der Waals surface area contributed by atoms with Crippen LogP contribution in [0.25, 0.3) is 0 Å². The third-order valence-corrected chi connectivity index (χ3v) is 7.86. The maximum atomic E-state index is 12.1. The molecule has 2 heterocycles. The average molecular weight is 499 g/mol. The second-order valence-electron chi connectivity index (χ2n) is 9.11. The molecular formula is C25H27ClN4O3S. The van der Waals surface area contributed by atoms with Crippen molar-refractivity contribution in [1.29, 1.82) is 0 Å². The molecule has 5 rings (SSSR count). The highest BCUT2D eigenvalue weighted by molar-refractivity contribution is 7.89. The lowest BCUT2D eigenvalue weighted by molar-refractivity contribution is 0.206. The highest BCUT2D eigenvalue weighted by atomic mass is 35.5. The number of ether oxygens (including phenoxy) is 1. The van der Waals surface area contributed by atoms with Gasteiger partial charge in [0.1, 0.15) is 5.75 Å². The van der Waals surface area contributed by atoms with Crippen LogP contribution in [-0.4, -0.2) is 31.3 Å². The molecule has 2 aromatic carbocycles. The minimum absolute atomic E-state index is 0.0639. The number of aryl methyl sites for hydroxylation is 1. The van der Waals surface area contributed by atoms with Gasteiger partial charge in [0.25, 0.3) is 0 Å². The van der Waals surface area contributed by atoms with Crippen LogP contribution in [0.15, 0.2) is 66.3 Å². The van der Waals surface area contributed by atoms with Crippen LogP contribution in [0.1, 0.15) is 29.5 Å². The van der Waals surface area contributed by atoms with Gasteiger partial charge >= 0.3 is 0 Å². The van der Waals surface area contributed by atoms with E-state index in [1.54, 1.807) is 18.2 Å². The number of primary sulfonamides is 1. The van der Waals surface area contributed by atoms with Gasteiger partial charge in [0, 0.05) is 35.3 Å². The van der Waals surface area contributed by atoms with Crippen LogP contribution in [0.4, 0.5) is 5.69 Å². The summed E-state index contributed by atoms with van der Waals surface area (Å²) in [6.07, 6.45) is 8.58. The topological polar surface area (TPSA) is 90.5 Å². The van der Waals surface area contributed by atoms with E-state index in [9.17, 15) is 8.42 Å². The Bertz CT molecular complexity index is 1350. The fraction of sp³-hybridized carbons (Fsp3) is 0.320. The first-order valence-corrected chi connectivity index (χ1v) is 13.2. The van der Waals surface area contributed by atoms with Crippen LogP contribution in [0.2, 0.25) is 5.02 Å². The lowest BCUT2D eigenvalue weighted by atomic mass is 9.70. The molecule has 0 saturated carbocycles. The molecule has 34 heavy (non-hydrogen) atoms. The number of anilines is 1. The Morgan fingerprint density at radius 2 is 2.12 bits per heavy atom. The number of halogens is 1.